The van der Waals surface area contributed by atoms with Crippen LogP contribution in [0.25, 0.3) is 11.1 Å². The molecule has 0 aromatic heterocycles. The molecule has 0 radical (unpaired) electrons. The van der Waals surface area contributed by atoms with Crippen molar-refractivity contribution in [3.8, 4) is 0 Å². The van der Waals surface area contributed by atoms with Gasteiger partial charge in [0.1, 0.15) is 0 Å². The second-order valence-electron chi connectivity index (χ2n) is 8.52. The van der Waals surface area contributed by atoms with Gasteiger partial charge in [0.25, 0.3) is 5.91 Å². The zero-order valence-electron chi connectivity index (χ0n) is 17.3. The maximum atomic E-state index is 13.7. The molecule has 1 aromatic rings. The van der Waals surface area contributed by atoms with Crippen molar-refractivity contribution in [2.75, 3.05) is 19.6 Å². The van der Waals surface area contributed by atoms with Crippen molar-refractivity contribution in [2.24, 2.45) is 10.7 Å². The SMILES string of the molecule is NC1=CC2=C(C3CNCCN3C(=O)C3=CC=C4N=CC=C4C3)c3ccccc3C2=CC1. The Balaban J connectivity index is 1.41. The van der Waals surface area contributed by atoms with E-state index in [0.717, 1.165) is 42.1 Å². The molecule has 1 aromatic carbocycles. The van der Waals surface area contributed by atoms with Crippen LogP contribution in [0.5, 0.6) is 0 Å². The number of amides is 1. The quantitative estimate of drug-likeness (QED) is 0.790. The summed E-state index contributed by atoms with van der Waals surface area (Å²) in [5.74, 6) is 0.116. The minimum Gasteiger partial charge on any atom is -0.402 e. The van der Waals surface area contributed by atoms with Gasteiger partial charge in [0, 0.05) is 50.0 Å². The van der Waals surface area contributed by atoms with Crippen molar-refractivity contribution in [3.05, 3.63) is 93.9 Å². The van der Waals surface area contributed by atoms with Gasteiger partial charge in [-0.1, -0.05) is 36.4 Å². The van der Waals surface area contributed by atoms with Gasteiger partial charge in [-0.05, 0) is 51.6 Å². The third-order valence-corrected chi connectivity index (χ3v) is 6.71. The topological polar surface area (TPSA) is 70.7 Å². The van der Waals surface area contributed by atoms with Crippen LogP contribution in [0.4, 0.5) is 0 Å². The van der Waals surface area contributed by atoms with E-state index in [0.29, 0.717) is 13.0 Å². The molecule has 6 rings (SSSR count). The lowest BCUT2D eigenvalue weighted by molar-refractivity contribution is -0.129. The maximum Gasteiger partial charge on any atom is 0.250 e. The summed E-state index contributed by atoms with van der Waals surface area (Å²) in [5.41, 5.74) is 16.1. The number of allylic oxidation sites excluding steroid dienone is 8. The van der Waals surface area contributed by atoms with Crippen molar-refractivity contribution in [2.45, 2.75) is 18.9 Å². The minimum atomic E-state index is -0.0365. The minimum absolute atomic E-state index is 0.0365. The van der Waals surface area contributed by atoms with E-state index in [1.807, 2.05) is 24.4 Å². The van der Waals surface area contributed by atoms with E-state index in [9.17, 15) is 4.79 Å². The van der Waals surface area contributed by atoms with Crippen LogP contribution >= 0.6 is 0 Å². The number of nitrogens with two attached hydrogens (primary N) is 1. The van der Waals surface area contributed by atoms with Gasteiger partial charge in [-0.25, -0.2) is 0 Å². The van der Waals surface area contributed by atoms with E-state index in [1.54, 1.807) is 0 Å². The predicted octanol–water partition coefficient (Wildman–Crippen LogP) is 3.11. The summed E-state index contributed by atoms with van der Waals surface area (Å²) in [6, 6.07) is 8.47. The molecule has 1 unspecified atom stereocenters. The van der Waals surface area contributed by atoms with Crippen LogP contribution < -0.4 is 11.1 Å². The van der Waals surface area contributed by atoms with Crippen LogP contribution in [0.3, 0.4) is 0 Å². The molecule has 1 atom stereocenters. The summed E-state index contributed by atoms with van der Waals surface area (Å²) in [7, 11) is 0. The van der Waals surface area contributed by atoms with Gasteiger partial charge in [0.2, 0.25) is 0 Å². The molecule has 31 heavy (non-hydrogen) atoms. The van der Waals surface area contributed by atoms with Gasteiger partial charge in [-0.3, -0.25) is 9.79 Å². The smallest absolute Gasteiger partial charge is 0.250 e. The zero-order chi connectivity index (χ0) is 20.9. The fraction of sp³-hybridized carbons (Fsp3) is 0.231. The van der Waals surface area contributed by atoms with Crippen LogP contribution in [0, 0.1) is 0 Å². The summed E-state index contributed by atoms with van der Waals surface area (Å²) in [4.78, 5) is 20.1. The molecule has 0 spiro atoms. The summed E-state index contributed by atoms with van der Waals surface area (Å²) in [6.45, 7) is 2.22. The molecule has 0 bridgehead atoms. The number of rotatable bonds is 2. The van der Waals surface area contributed by atoms with E-state index in [4.69, 9.17) is 5.73 Å². The summed E-state index contributed by atoms with van der Waals surface area (Å²) in [5, 5.41) is 3.51. The van der Waals surface area contributed by atoms with E-state index in [2.05, 4.69) is 51.6 Å². The zero-order valence-corrected chi connectivity index (χ0v) is 17.3. The number of nitrogens with zero attached hydrogens (tertiary/aromatic N) is 2. The number of carbonyl (C=O) groups is 1. The Kier molecular flexibility index (Phi) is 4.18. The fourth-order valence-electron chi connectivity index (χ4n) is 5.24. The molecule has 3 N–H and O–H groups in total. The van der Waals surface area contributed by atoms with Gasteiger partial charge in [0.05, 0.1) is 11.7 Å². The van der Waals surface area contributed by atoms with Gasteiger partial charge in [-0.2, -0.15) is 0 Å². The summed E-state index contributed by atoms with van der Waals surface area (Å²) in [6.07, 6.45) is 13.5. The second kappa shape index (κ2) is 7.06. The third kappa shape index (κ3) is 2.88. The Morgan fingerprint density at radius 1 is 1.16 bits per heavy atom. The van der Waals surface area contributed by atoms with Gasteiger partial charge in [0.15, 0.2) is 0 Å². The van der Waals surface area contributed by atoms with E-state index in [-0.39, 0.29) is 11.9 Å². The summed E-state index contributed by atoms with van der Waals surface area (Å²) >= 11 is 0. The molecule has 2 aliphatic heterocycles. The highest BCUT2D eigenvalue weighted by atomic mass is 16.2. The standard InChI is InChI=1S/C26H24N4O/c27-18-6-7-20-19-3-1-2-4-21(19)25(22(20)14-18)24-15-28-11-12-30(24)26(31)17-5-8-23-16(13-17)9-10-29-23/h1-5,7-10,14,24,28H,6,11-13,15,27H2. The molecular formula is C26H24N4O. The van der Waals surface area contributed by atoms with Gasteiger partial charge in [-0.15, -0.1) is 0 Å². The van der Waals surface area contributed by atoms with Crippen molar-refractivity contribution >= 4 is 23.3 Å². The average Bonchev–Trinajstić information content (AvgIpc) is 3.40. The molecule has 1 saturated heterocycles. The Morgan fingerprint density at radius 3 is 2.94 bits per heavy atom. The highest BCUT2D eigenvalue weighted by Gasteiger charge is 2.38. The highest BCUT2D eigenvalue weighted by Crippen LogP contribution is 2.47. The second-order valence-corrected chi connectivity index (χ2v) is 8.52. The third-order valence-electron chi connectivity index (χ3n) is 6.71. The lowest BCUT2D eigenvalue weighted by Crippen LogP contribution is -2.54. The molecular weight excluding hydrogens is 384 g/mol. The van der Waals surface area contributed by atoms with Crippen molar-refractivity contribution < 1.29 is 4.79 Å². The van der Waals surface area contributed by atoms with Crippen LogP contribution in [-0.2, 0) is 4.79 Å². The van der Waals surface area contributed by atoms with Gasteiger partial charge < -0.3 is 16.0 Å². The first-order valence-corrected chi connectivity index (χ1v) is 10.9. The predicted molar refractivity (Wildman–Crippen MR) is 124 cm³/mol. The molecule has 3 aliphatic carbocycles. The van der Waals surface area contributed by atoms with Gasteiger partial charge >= 0.3 is 0 Å². The van der Waals surface area contributed by atoms with E-state index >= 15 is 0 Å². The molecule has 5 nitrogen and oxygen atoms in total. The van der Waals surface area contributed by atoms with Crippen LogP contribution in [-0.4, -0.2) is 42.7 Å². The number of hydrogen-bond donors (Lipinski definition) is 2. The monoisotopic (exact) mass is 408 g/mol. The first-order chi connectivity index (χ1) is 15.2. The molecule has 1 amide bonds. The van der Waals surface area contributed by atoms with Crippen molar-refractivity contribution in [1.29, 1.82) is 0 Å². The van der Waals surface area contributed by atoms with Crippen LogP contribution in [0.2, 0.25) is 0 Å². The number of hydrogen-bond acceptors (Lipinski definition) is 4. The normalized spacial score (nSPS) is 23.9. The Morgan fingerprint density at radius 2 is 2.03 bits per heavy atom. The molecule has 5 aliphatic rings. The number of benzene rings is 1. The number of aliphatic imine (C=N–C) groups is 1. The first-order valence-electron chi connectivity index (χ1n) is 10.9. The molecule has 0 saturated carbocycles. The highest BCUT2D eigenvalue weighted by molar-refractivity contribution is 6.05. The molecule has 1 fully saturated rings. The molecule has 2 heterocycles. The Bertz CT molecular complexity index is 1220. The van der Waals surface area contributed by atoms with Crippen molar-refractivity contribution in [3.63, 3.8) is 0 Å². The van der Waals surface area contributed by atoms with E-state index < -0.39 is 0 Å². The lowest BCUT2D eigenvalue weighted by atomic mass is 9.91. The number of nitrogens with one attached hydrogen (secondary N) is 1. The molecule has 154 valence electrons. The summed E-state index contributed by atoms with van der Waals surface area (Å²) < 4.78 is 0. The number of piperazine rings is 1. The average molecular weight is 409 g/mol. The van der Waals surface area contributed by atoms with Crippen molar-refractivity contribution in [1.82, 2.24) is 10.2 Å². The Labute approximate surface area is 181 Å². The molecule has 5 heteroatoms. The lowest BCUT2D eigenvalue weighted by Gasteiger charge is -2.38. The number of fused-ring (bicyclic) bond motifs is 4. The van der Waals surface area contributed by atoms with Crippen LogP contribution in [0.15, 0.2) is 87.8 Å². The Hall–Kier alpha value is -3.44. The maximum absolute atomic E-state index is 13.7. The largest absolute Gasteiger partial charge is 0.402 e. The van der Waals surface area contributed by atoms with E-state index in [1.165, 1.54) is 27.8 Å². The number of carbonyl (C=O) groups excluding carboxylic acids is 1. The fourth-order valence-corrected chi connectivity index (χ4v) is 5.24. The first kappa shape index (κ1) is 18.3. The van der Waals surface area contributed by atoms with Crippen LogP contribution in [0.1, 0.15) is 24.0 Å².